The molecule has 128 valence electrons. The Balaban J connectivity index is 2.79. The zero-order chi connectivity index (χ0) is 17.5. The maximum atomic E-state index is 11.4. The number of esters is 1. The lowest BCUT2D eigenvalue weighted by Gasteiger charge is -2.37. The predicted octanol–water partition coefficient (Wildman–Crippen LogP) is 4.60. The number of benzene rings is 1. The zero-order valence-electron chi connectivity index (χ0n) is 15.3. The maximum absolute atomic E-state index is 11.4. The largest absolute Gasteiger partial charge is 0.466 e. The van der Waals surface area contributed by atoms with Crippen molar-refractivity contribution >= 4 is 14.3 Å². The maximum Gasteiger partial charge on any atom is 0.330 e. The molecule has 0 aromatic heterocycles. The fraction of sp³-hybridized carbons (Fsp3) is 0.526. The van der Waals surface area contributed by atoms with E-state index in [0.717, 1.165) is 6.42 Å². The van der Waals surface area contributed by atoms with Gasteiger partial charge in [0.25, 0.3) is 0 Å². The second-order valence-electron chi connectivity index (χ2n) is 7.40. The van der Waals surface area contributed by atoms with Crippen LogP contribution in [-0.4, -0.2) is 28.0 Å². The number of ether oxygens (including phenoxy) is 1. The molecular formula is C19H30O3Si. The van der Waals surface area contributed by atoms with Gasteiger partial charge in [0, 0.05) is 18.6 Å². The number of carbonyl (C=O) groups is 1. The first-order valence-electron chi connectivity index (χ1n) is 8.10. The van der Waals surface area contributed by atoms with Crippen molar-refractivity contribution < 1.29 is 14.0 Å². The Morgan fingerprint density at radius 2 is 1.83 bits per heavy atom. The van der Waals surface area contributed by atoms with E-state index >= 15 is 0 Å². The van der Waals surface area contributed by atoms with Crippen LogP contribution in [0.5, 0.6) is 0 Å². The molecule has 1 unspecified atom stereocenters. The van der Waals surface area contributed by atoms with E-state index in [2.05, 4.69) is 46.0 Å². The van der Waals surface area contributed by atoms with Gasteiger partial charge in [-0.15, -0.1) is 0 Å². The number of methoxy groups -OCH3 is 1. The van der Waals surface area contributed by atoms with Crippen LogP contribution in [0.1, 0.15) is 26.3 Å². The summed E-state index contributed by atoms with van der Waals surface area (Å²) in [6, 6.07) is 10.3. The summed E-state index contributed by atoms with van der Waals surface area (Å²) >= 11 is 0. The normalized spacial score (nSPS) is 14.0. The summed E-state index contributed by atoms with van der Waals surface area (Å²) in [6.07, 6.45) is 4.26. The number of hydrogen-bond acceptors (Lipinski definition) is 3. The van der Waals surface area contributed by atoms with E-state index in [4.69, 9.17) is 9.16 Å². The first-order chi connectivity index (χ1) is 10.7. The van der Waals surface area contributed by atoms with Gasteiger partial charge in [-0.25, -0.2) is 4.79 Å². The Morgan fingerprint density at radius 3 is 2.35 bits per heavy atom. The fourth-order valence-corrected chi connectivity index (χ4v) is 2.98. The van der Waals surface area contributed by atoms with Gasteiger partial charge in [0.1, 0.15) is 0 Å². The van der Waals surface area contributed by atoms with Crippen molar-refractivity contribution in [3.05, 3.63) is 48.0 Å². The molecule has 0 saturated heterocycles. The van der Waals surface area contributed by atoms with Gasteiger partial charge in [0.15, 0.2) is 8.32 Å². The van der Waals surface area contributed by atoms with Crippen LogP contribution in [0.4, 0.5) is 0 Å². The third-order valence-corrected chi connectivity index (χ3v) is 9.01. The quantitative estimate of drug-likeness (QED) is 0.415. The van der Waals surface area contributed by atoms with Crippen molar-refractivity contribution in [3.8, 4) is 0 Å². The highest BCUT2D eigenvalue weighted by atomic mass is 28.4. The van der Waals surface area contributed by atoms with Gasteiger partial charge in [-0.3, -0.25) is 0 Å². The number of hydrogen-bond donors (Lipinski definition) is 0. The summed E-state index contributed by atoms with van der Waals surface area (Å²) in [7, 11) is -0.406. The summed E-state index contributed by atoms with van der Waals surface area (Å²) in [4.78, 5) is 11.4. The minimum atomic E-state index is -1.80. The zero-order valence-corrected chi connectivity index (χ0v) is 16.3. The molecule has 0 heterocycles. The van der Waals surface area contributed by atoms with Crippen LogP contribution in [0.3, 0.4) is 0 Å². The average Bonchev–Trinajstić information content (AvgIpc) is 2.49. The van der Waals surface area contributed by atoms with Crippen LogP contribution in [-0.2, 0) is 20.4 Å². The summed E-state index contributed by atoms with van der Waals surface area (Å²) in [6.45, 7) is 11.8. The SMILES string of the molecule is COC(=O)C=CC(CO[Si](C)(C)C(C)(C)C)Cc1ccccc1. The van der Waals surface area contributed by atoms with Crippen molar-refractivity contribution in [2.24, 2.45) is 5.92 Å². The summed E-state index contributed by atoms with van der Waals surface area (Å²) < 4.78 is 11.0. The molecule has 0 aliphatic carbocycles. The summed E-state index contributed by atoms with van der Waals surface area (Å²) in [5.41, 5.74) is 1.24. The molecule has 0 aliphatic rings. The highest BCUT2D eigenvalue weighted by molar-refractivity contribution is 6.74. The monoisotopic (exact) mass is 334 g/mol. The van der Waals surface area contributed by atoms with Gasteiger partial charge in [-0.1, -0.05) is 57.2 Å². The topological polar surface area (TPSA) is 35.5 Å². The van der Waals surface area contributed by atoms with E-state index in [0.29, 0.717) is 6.61 Å². The highest BCUT2D eigenvalue weighted by Gasteiger charge is 2.37. The summed E-state index contributed by atoms with van der Waals surface area (Å²) in [5.74, 6) is -0.166. The van der Waals surface area contributed by atoms with E-state index in [1.807, 2.05) is 24.3 Å². The van der Waals surface area contributed by atoms with Gasteiger partial charge in [0.05, 0.1) is 7.11 Å². The van der Waals surface area contributed by atoms with Crippen molar-refractivity contribution in [2.45, 2.75) is 45.3 Å². The molecule has 1 aromatic carbocycles. The Hall–Kier alpha value is -1.39. The first-order valence-corrected chi connectivity index (χ1v) is 11.0. The number of rotatable bonds is 7. The van der Waals surface area contributed by atoms with E-state index in [1.54, 1.807) is 0 Å². The molecule has 3 nitrogen and oxygen atoms in total. The second-order valence-corrected chi connectivity index (χ2v) is 12.2. The van der Waals surface area contributed by atoms with Gasteiger partial charge in [-0.05, 0) is 30.1 Å². The molecule has 1 atom stereocenters. The average molecular weight is 335 g/mol. The molecule has 0 saturated carbocycles. The third-order valence-electron chi connectivity index (χ3n) is 4.51. The lowest BCUT2D eigenvalue weighted by Crippen LogP contribution is -2.42. The van der Waals surface area contributed by atoms with Crippen molar-refractivity contribution in [3.63, 3.8) is 0 Å². The molecule has 0 aliphatic heterocycles. The predicted molar refractivity (Wildman–Crippen MR) is 97.9 cm³/mol. The second kappa shape index (κ2) is 8.46. The molecular weight excluding hydrogens is 304 g/mol. The standard InChI is InChI=1S/C19H30O3Si/c1-19(2,3)23(5,6)22-15-17(12-13-18(20)21-4)14-16-10-8-7-9-11-16/h7-13,17H,14-15H2,1-6H3. The van der Waals surface area contributed by atoms with Crippen LogP contribution in [0.15, 0.2) is 42.5 Å². The minimum absolute atomic E-state index is 0.158. The third kappa shape index (κ3) is 6.71. The lowest BCUT2D eigenvalue weighted by molar-refractivity contribution is -0.134. The van der Waals surface area contributed by atoms with Gasteiger partial charge < -0.3 is 9.16 Å². The number of carbonyl (C=O) groups excluding carboxylic acids is 1. The van der Waals surface area contributed by atoms with E-state index in [9.17, 15) is 4.79 Å². The van der Waals surface area contributed by atoms with Crippen LogP contribution >= 0.6 is 0 Å². The van der Waals surface area contributed by atoms with Gasteiger partial charge in [-0.2, -0.15) is 0 Å². The van der Waals surface area contributed by atoms with Crippen LogP contribution in [0.2, 0.25) is 18.1 Å². The Labute approximate surface area is 141 Å². The lowest BCUT2D eigenvalue weighted by atomic mass is 10.00. The molecule has 1 aromatic rings. The highest BCUT2D eigenvalue weighted by Crippen LogP contribution is 2.36. The minimum Gasteiger partial charge on any atom is -0.466 e. The van der Waals surface area contributed by atoms with E-state index < -0.39 is 8.32 Å². The fourth-order valence-electron chi connectivity index (χ4n) is 1.91. The van der Waals surface area contributed by atoms with Crippen molar-refractivity contribution in [1.29, 1.82) is 0 Å². The smallest absolute Gasteiger partial charge is 0.330 e. The van der Waals surface area contributed by atoms with E-state index in [1.165, 1.54) is 18.7 Å². The van der Waals surface area contributed by atoms with Gasteiger partial charge >= 0.3 is 5.97 Å². The first kappa shape index (κ1) is 19.7. The molecule has 0 fully saturated rings. The molecule has 0 spiro atoms. The molecule has 0 radical (unpaired) electrons. The molecule has 1 rings (SSSR count). The summed E-state index contributed by atoms with van der Waals surface area (Å²) in [5, 5.41) is 0.177. The molecule has 0 bridgehead atoms. The molecule has 23 heavy (non-hydrogen) atoms. The molecule has 0 N–H and O–H groups in total. The Morgan fingerprint density at radius 1 is 1.22 bits per heavy atom. The van der Waals surface area contributed by atoms with Crippen LogP contribution in [0.25, 0.3) is 0 Å². The molecule has 0 amide bonds. The van der Waals surface area contributed by atoms with Gasteiger partial charge in [0.2, 0.25) is 0 Å². The molecule has 4 heteroatoms. The van der Waals surface area contributed by atoms with Crippen LogP contribution < -0.4 is 0 Å². The van der Waals surface area contributed by atoms with Crippen molar-refractivity contribution in [2.75, 3.05) is 13.7 Å². The Kier molecular flexibility index (Phi) is 7.23. The Bertz CT molecular complexity index is 515. The van der Waals surface area contributed by atoms with Crippen LogP contribution in [0, 0.1) is 5.92 Å². The van der Waals surface area contributed by atoms with E-state index in [-0.39, 0.29) is 16.9 Å². The van der Waals surface area contributed by atoms with Crippen molar-refractivity contribution in [1.82, 2.24) is 0 Å².